The fraction of sp³-hybridized carbons (Fsp3) is 0.480. The molecule has 37 heavy (non-hydrogen) atoms. The smallest absolute Gasteiger partial charge is 0.406 e. The number of alkyl halides is 3. The zero-order chi connectivity index (χ0) is 26.6. The van der Waals surface area contributed by atoms with Gasteiger partial charge in [-0.25, -0.2) is 9.97 Å². The number of halogens is 3. The lowest BCUT2D eigenvalue weighted by Gasteiger charge is -2.32. The Balaban J connectivity index is 0.00000156. The molecule has 5 rings (SSSR count). The maximum Gasteiger partial charge on any atom is 0.573 e. The van der Waals surface area contributed by atoms with Gasteiger partial charge in [-0.05, 0) is 37.3 Å². The standard InChI is InChI=1S/C23H25F3N6O3.C2H6/c24-23(25,26)35-15-1-2-16(18(27)9-15)22(33)32-6-3-13(4-7-32)17-10-28-21-20(17)31-19(11-29-21)30-14-5-8-34-12-14;1-2/h1-2,9-11,13-14H,3-8,12,27H2,(H,28,29)(H,30,31);1-2H3. The van der Waals surface area contributed by atoms with Gasteiger partial charge in [-0.15, -0.1) is 13.2 Å². The Bertz CT molecular complexity index is 1220. The molecule has 0 aliphatic carbocycles. The summed E-state index contributed by atoms with van der Waals surface area (Å²) in [6, 6.07) is 3.60. The van der Waals surface area contributed by atoms with E-state index in [1.807, 2.05) is 20.0 Å². The molecular formula is C25H31F3N6O3. The van der Waals surface area contributed by atoms with Gasteiger partial charge in [0.15, 0.2) is 5.65 Å². The minimum Gasteiger partial charge on any atom is -0.406 e. The molecule has 0 saturated carbocycles. The first-order chi connectivity index (χ1) is 17.8. The monoisotopic (exact) mass is 520 g/mol. The molecule has 2 aliphatic rings. The number of fused-ring (bicyclic) bond motifs is 1. The Morgan fingerprint density at radius 1 is 1.24 bits per heavy atom. The Kier molecular flexibility index (Phi) is 8.06. The number of aromatic amines is 1. The van der Waals surface area contributed by atoms with E-state index in [4.69, 9.17) is 15.5 Å². The largest absolute Gasteiger partial charge is 0.573 e. The van der Waals surface area contributed by atoms with Gasteiger partial charge < -0.3 is 30.4 Å². The summed E-state index contributed by atoms with van der Waals surface area (Å²) in [7, 11) is 0. The van der Waals surface area contributed by atoms with Crippen molar-refractivity contribution in [1.29, 1.82) is 0 Å². The summed E-state index contributed by atoms with van der Waals surface area (Å²) in [4.78, 5) is 27.1. The highest BCUT2D eigenvalue weighted by Crippen LogP contribution is 2.34. The van der Waals surface area contributed by atoms with Crippen LogP contribution in [0.4, 0.5) is 24.7 Å². The van der Waals surface area contributed by atoms with E-state index >= 15 is 0 Å². The number of amides is 1. The first kappa shape index (κ1) is 26.5. The maximum atomic E-state index is 13.0. The minimum absolute atomic E-state index is 0.0570. The fourth-order valence-electron chi connectivity index (χ4n) is 4.65. The van der Waals surface area contributed by atoms with Crippen LogP contribution in [0.3, 0.4) is 0 Å². The molecule has 4 heterocycles. The van der Waals surface area contributed by atoms with Crippen molar-refractivity contribution in [3.63, 3.8) is 0 Å². The Morgan fingerprint density at radius 3 is 2.65 bits per heavy atom. The number of rotatable bonds is 5. The van der Waals surface area contributed by atoms with E-state index in [1.54, 1.807) is 11.1 Å². The summed E-state index contributed by atoms with van der Waals surface area (Å²) in [5, 5.41) is 3.37. The van der Waals surface area contributed by atoms with Crippen molar-refractivity contribution >= 4 is 28.6 Å². The predicted molar refractivity (Wildman–Crippen MR) is 133 cm³/mol. The summed E-state index contributed by atoms with van der Waals surface area (Å²) >= 11 is 0. The second-order valence-electron chi connectivity index (χ2n) is 8.76. The molecule has 4 N–H and O–H groups in total. The van der Waals surface area contributed by atoms with Gasteiger partial charge in [0.2, 0.25) is 0 Å². The van der Waals surface area contributed by atoms with Gasteiger partial charge in [-0.3, -0.25) is 4.79 Å². The van der Waals surface area contributed by atoms with Crippen LogP contribution in [0.25, 0.3) is 11.2 Å². The number of nitrogens with one attached hydrogen (secondary N) is 2. The zero-order valence-corrected chi connectivity index (χ0v) is 20.8. The van der Waals surface area contributed by atoms with E-state index in [2.05, 4.69) is 20.0 Å². The van der Waals surface area contributed by atoms with Crippen LogP contribution < -0.4 is 15.8 Å². The molecule has 2 aliphatic heterocycles. The third kappa shape index (κ3) is 6.24. The Labute approximate surface area is 212 Å². The van der Waals surface area contributed by atoms with Crippen LogP contribution >= 0.6 is 0 Å². The number of carbonyl (C=O) groups is 1. The van der Waals surface area contributed by atoms with Crippen molar-refractivity contribution in [2.75, 3.05) is 37.4 Å². The highest BCUT2D eigenvalue weighted by Gasteiger charge is 2.32. The van der Waals surface area contributed by atoms with E-state index in [9.17, 15) is 18.0 Å². The Morgan fingerprint density at radius 2 is 2.00 bits per heavy atom. The van der Waals surface area contributed by atoms with Gasteiger partial charge in [0.05, 0.1) is 24.4 Å². The van der Waals surface area contributed by atoms with Crippen LogP contribution in [-0.2, 0) is 4.74 Å². The number of ether oxygens (including phenoxy) is 2. The van der Waals surface area contributed by atoms with E-state index in [0.29, 0.717) is 44.0 Å². The summed E-state index contributed by atoms with van der Waals surface area (Å²) in [6.45, 7) is 6.36. The van der Waals surface area contributed by atoms with Gasteiger partial charge in [0.1, 0.15) is 17.1 Å². The third-order valence-corrected chi connectivity index (χ3v) is 6.40. The number of likely N-dealkylation sites (tertiary alicyclic amines) is 1. The van der Waals surface area contributed by atoms with Crippen LogP contribution in [0, 0.1) is 0 Å². The molecule has 200 valence electrons. The summed E-state index contributed by atoms with van der Waals surface area (Å²) in [5.41, 5.74) is 8.53. The van der Waals surface area contributed by atoms with Gasteiger partial charge in [0, 0.05) is 43.2 Å². The van der Waals surface area contributed by atoms with E-state index in [0.717, 1.165) is 36.2 Å². The molecule has 2 aromatic heterocycles. The van der Waals surface area contributed by atoms with Crippen molar-refractivity contribution in [3.8, 4) is 5.75 Å². The summed E-state index contributed by atoms with van der Waals surface area (Å²) in [5.74, 6) is 0.116. The summed E-state index contributed by atoms with van der Waals surface area (Å²) in [6.07, 6.45) is 1.15. The minimum atomic E-state index is -4.83. The van der Waals surface area contributed by atoms with Crippen molar-refractivity contribution in [3.05, 3.63) is 41.7 Å². The summed E-state index contributed by atoms with van der Waals surface area (Å²) < 4.78 is 46.6. The van der Waals surface area contributed by atoms with Crippen molar-refractivity contribution in [2.45, 2.75) is 51.4 Å². The number of nitrogens with two attached hydrogens (primary N) is 1. The molecular weight excluding hydrogens is 489 g/mol. The van der Waals surface area contributed by atoms with Gasteiger partial charge in [-0.1, -0.05) is 13.8 Å². The van der Waals surface area contributed by atoms with Crippen molar-refractivity contribution < 1.29 is 27.4 Å². The number of carbonyl (C=O) groups excluding carboxylic acids is 1. The molecule has 1 aromatic carbocycles. The first-order valence-corrected chi connectivity index (χ1v) is 12.4. The van der Waals surface area contributed by atoms with Crippen LogP contribution in [-0.4, -0.2) is 64.5 Å². The topological polar surface area (TPSA) is 118 Å². The molecule has 1 unspecified atom stereocenters. The number of H-pyrrole nitrogens is 1. The highest BCUT2D eigenvalue weighted by atomic mass is 19.4. The van der Waals surface area contributed by atoms with Crippen LogP contribution in [0.2, 0.25) is 0 Å². The van der Waals surface area contributed by atoms with Crippen molar-refractivity contribution in [1.82, 2.24) is 19.9 Å². The number of benzene rings is 1. The second-order valence-corrected chi connectivity index (χ2v) is 8.76. The molecule has 0 radical (unpaired) electrons. The van der Waals surface area contributed by atoms with Gasteiger partial charge >= 0.3 is 6.36 Å². The normalized spacial score (nSPS) is 18.4. The SMILES string of the molecule is CC.Nc1cc(OC(F)(F)F)ccc1C(=O)N1CCC(c2c[nH]c3ncc(NC4CCOC4)nc23)CC1. The Hall–Kier alpha value is -3.54. The number of nitrogen functional groups attached to an aromatic ring is 1. The second kappa shape index (κ2) is 11.2. The van der Waals surface area contributed by atoms with Gasteiger partial charge in [-0.2, -0.15) is 0 Å². The average molecular weight is 521 g/mol. The van der Waals surface area contributed by atoms with Crippen molar-refractivity contribution in [2.24, 2.45) is 0 Å². The highest BCUT2D eigenvalue weighted by molar-refractivity contribution is 5.99. The average Bonchev–Trinajstić information content (AvgIpc) is 3.54. The predicted octanol–water partition coefficient (Wildman–Crippen LogP) is 4.69. The number of piperidine rings is 1. The molecule has 2 saturated heterocycles. The van der Waals surface area contributed by atoms with E-state index < -0.39 is 12.1 Å². The molecule has 9 nitrogen and oxygen atoms in total. The molecule has 3 aromatic rings. The molecule has 2 fully saturated rings. The fourth-order valence-corrected chi connectivity index (χ4v) is 4.65. The van der Waals surface area contributed by atoms with E-state index in [1.165, 1.54) is 6.07 Å². The van der Waals surface area contributed by atoms with Gasteiger partial charge in [0.25, 0.3) is 5.91 Å². The quantitative estimate of drug-likeness (QED) is 0.418. The first-order valence-electron chi connectivity index (χ1n) is 12.4. The van der Waals surface area contributed by atoms with E-state index in [-0.39, 0.29) is 29.1 Å². The molecule has 12 heteroatoms. The molecule has 0 spiro atoms. The molecule has 1 amide bonds. The number of aromatic nitrogens is 3. The zero-order valence-electron chi connectivity index (χ0n) is 20.8. The number of hydrogen-bond donors (Lipinski definition) is 3. The lowest BCUT2D eigenvalue weighted by atomic mass is 9.90. The molecule has 0 bridgehead atoms. The lowest BCUT2D eigenvalue weighted by Crippen LogP contribution is -2.38. The number of nitrogens with zero attached hydrogens (tertiary/aromatic N) is 3. The van der Waals surface area contributed by atoms with Crippen LogP contribution in [0.15, 0.2) is 30.6 Å². The third-order valence-electron chi connectivity index (χ3n) is 6.40. The number of hydrogen-bond acceptors (Lipinski definition) is 7. The van der Waals surface area contributed by atoms with Crippen LogP contribution in [0.5, 0.6) is 5.75 Å². The maximum absolute atomic E-state index is 13.0. The lowest BCUT2D eigenvalue weighted by molar-refractivity contribution is -0.274. The van der Waals surface area contributed by atoms with Crippen LogP contribution in [0.1, 0.15) is 54.9 Å². The molecule has 1 atom stereocenters. The number of anilines is 2.